The molecule has 0 aromatic heterocycles. The van der Waals surface area contributed by atoms with Gasteiger partial charge in [-0.2, -0.15) is 0 Å². The lowest BCUT2D eigenvalue weighted by atomic mass is 9.50. The Morgan fingerprint density at radius 2 is 2.10 bits per heavy atom. The third kappa shape index (κ3) is 0.933. The summed E-state index contributed by atoms with van der Waals surface area (Å²) in [5.74, 6) is 1.05. The molecule has 2 heteroatoms. The molecule has 1 aromatic carbocycles. The third-order valence-corrected chi connectivity index (χ3v) is 5.23. The van der Waals surface area contributed by atoms with E-state index in [1.165, 1.54) is 16.8 Å². The van der Waals surface area contributed by atoms with Crippen LogP contribution in [0.3, 0.4) is 0 Å². The van der Waals surface area contributed by atoms with E-state index in [1.807, 2.05) is 6.26 Å². The first-order valence-electron chi connectivity index (χ1n) is 7.17. The molecule has 98 valence electrons. The molecule has 0 unspecified atom stereocenters. The van der Waals surface area contributed by atoms with Crippen LogP contribution in [0, 0.1) is 5.41 Å². The van der Waals surface area contributed by atoms with Gasteiger partial charge in [0.1, 0.15) is 11.2 Å². The minimum atomic E-state index is -0.158. The van der Waals surface area contributed by atoms with Gasteiger partial charge in [-0.15, -0.1) is 0 Å². The zero-order valence-corrected chi connectivity index (χ0v) is 11.1. The van der Waals surface area contributed by atoms with E-state index in [9.17, 15) is 0 Å². The second-order valence-electron chi connectivity index (χ2n) is 5.91. The Hall–Kier alpha value is -2.22. The number of nitrogens with one attached hydrogen (secondary N) is 1. The van der Waals surface area contributed by atoms with Crippen molar-refractivity contribution in [1.82, 2.24) is 5.32 Å². The molecule has 2 aliphatic heterocycles. The summed E-state index contributed by atoms with van der Waals surface area (Å²) >= 11 is 0. The molecule has 5 rings (SSSR count). The summed E-state index contributed by atoms with van der Waals surface area (Å²) in [4.78, 5) is 0. The Balaban J connectivity index is 1.93. The fraction of sp³-hybridized carbons (Fsp3) is 0.222. The fourth-order valence-corrected chi connectivity index (χ4v) is 4.42. The van der Waals surface area contributed by atoms with Gasteiger partial charge in [-0.3, -0.25) is 0 Å². The molecule has 2 bridgehead atoms. The van der Waals surface area contributed by atoms with Gasteiger partial charge >= 0.3 is 0 Å². The van der Waals surface area contributed by atoms with Gasteiger partial charge in [0.15, 0.2) is 0 Å². The van der Waals surface area contributed by atoms with Crippen molar-refractivity contribution in [3.63, 3.8) is 0 Å². The number of hydrogen-bond donors (Lipinski definition) is 1. The zero-order chi connectivity index (χ0) is 13.2. The number of allylic oxidation sites excluding steroid dienone is 3. The van der Waals surface area contributed by atoms with Crippen molar-refractivity contribution in [2.24, 2.45) is 5.41 Å². The summed E-state index contributed by atoms with van der Waals surface area (Å²) in [6, 6.07) is 8.75. The molecule has 1 N–H and O–H groups in total. The van der Waals surface area contributed by atoms with E-state index in [0.29, 0.717) is 0 Å². The van der Waals surface area contributed by atoms with Crippen molar-refractivity contribution in [2.75, 3.05) is 6.54 Å². The molecule has 2 heterocycles. The highest BCUT2D eigenvalue weighted by molar-refractivity contribution is 5.72. The first-order chi connectivity index (χ1) is 9.87. The average Bonchev–Trinajstić information content (AvgIpc) is 2.90. The highest BCUT2D eigenvalue weighted by atomic mass is 16.5. The molecule has 1 spiro atoms. The molecule has 2 nitrogen and oxygen atoms in total. The van der Waals surface area contributed by atoms with Crippen LogP contribution in [0.2, 0.25) is 0 Å². The molecular weight excluding hydrogens is 246 g/mol. The van der Waals surface area contributed by atoms with Crippen molar-refractivity contribution in [3.8, 4) is 0 Å². The zero-order valence-electron chi connectivity index (χ0n) is 11.1. The molecular formula is C18H15NO. The molecule has 4 aliphatic rings. The predicted molar refractivity (Wildman–Crippen MR) is 78.6 cm³/mol. The number of ether oxygens (including phenoxy) is 1. The SMILES string of the molecule is C1=C[C@@]23CCNC(=Cc4ccccc42)[C@]32C=COC2=C1. The lowest BCUT2D eigenvalue weighted by molar-refractivity contribution is 0.190. The van der Waals surface area contributed by atoms with Gasteiger partial charge in [0.25, 0.3) is 0 Å². The van der Waals surface area contributed by atoms with E-state index in [2.05, 4.69) is 60.0 Å². The van der Waals surface area contributed by atoms with Crippen molar-refractivity contribution >= 4 is 6.08 Å². The minimum Gasteiger partial charge on any atom is -0.468 e. The average molecular weight is 261 g/mol. The lowest BCUT2D eigenvalue weighted by Crippen LogP contribution is -2.56. The lowest BCUT2D eigenvalue weighted by Gasteiger charge is -2.55. The fourth-order valence-electron chi connectivity index (χ4n) is 4.42. The van der Waals surface area contributed by atoms with E-state index < -0.39 is 0 Å². The van der Waals surface area contributed by atoms with Gasteiger partial charge in [0.2, 0.25) is 0 Å². The topological polar surface area (TPSA) is 21.3 Å². The van der Waals surface area contributed by atoms with Crippen molar-refractivity contribution in [1.29, 1.82) is 0 Å². The van der Waals surface area contributed by atoms with Crippen LogP contribution >= 0.6 is 0 Å². The molecule has 0 radical (unpaired) electrons. The van der Waals surface area contributed by atoms with Crippen LogP contribution in [0.25, 0.3) is 6.08 Å². The van der Waals surface area contributed by atoms with E-state index >= 15 is 0 Å². The molecule has 0 saturated carbocycles. The summed E-state index contributed by atoms with van der Waals surface area (Å²) < 4.78 is 5.81. The van der Waals surface area contributed by atoms with E-state index in [1.54, 1.807) is 0 Å². The quantitative estimate of drug-likeness (QED) is 0.774. The molecule has 0 amide bonds. The number of benzene rings is 1. The van der Waals surface area contributed by atoms with Gasteiger partial charge in [-0.1, -0.05) is 36.4 Å². The summed E-state index contributed by atoms with van der Waals surface area (Å²) in [7, 11) is 0. The molecule has 2 atom stereocenters. The Bertz CT molecular complexity index is 740. The Kier molecular flexibility index (Phi) is 1.72. The Morgan fingerprint density at radius 1 is 1.15 bits per heavy atom. The van der Waals surface area contributed by atoms with Crippen LogP contribution in [-0.2, 0) is 10.2 Å². The Labute approximate surface area is 118 Å². The summed E-state index contributed by atoms with van der Waals surface area (Å²) in [6.07, 6.45) is 14.1. The molecule has 2 aliphatic carbocycles. The number of piperidine rings is 1. The maximum Gasteiger partial charge on any atom is 0.120 e. The van der Waals surface area contributed by atoms with Gasteiger partial charge in [0, 0.05) is 17.7 Å². The highest BCUT2D eigenvalue weighted by Crippen LogP contribution is 2.63. The monoisotopic (exact) mass is 261 g/mol. The first kappa shape index (κ1) is 10.6. The van der Waals surface area contributed by atoms with Gasteiger partial charge < -0.3 is 10.1 Å². The van der Waals surface area contributed by atoms with Gasteiger partial charge in [-0.25, -0.2) is 0 Å². The Morgan fingerprint density at radius 3 is 3.10 bits per heavy atom. The van der Waals surface area contributed by atoms with Crippen LogP contribution in [0.15, 0.2) is 66.3 Å². The normalized spacial score (nSPS) is 35.0. The van der Waals surface area contributed by atoms with Crippen LogP contribution in [0.4, 0.5) is 0 Å². The van der Waals surface area contributed by atoms with Gasteiger partial charge in [-0.05, 0) is 35.8 Å². The van der Waals surface area contributed by atoms with E-state index in [-0.39, 0.29) is 10.8 Å². The number of fused-ring (bicyclic) bond motifs is 1. The molecule has 1 saturated heterocycles. The van der Waals surface area contributed by atoms with Crippen LogP contribution in [-0.4, -0.2) is 6.54 Å². The van der Waals surface area contributed by atoms with Gasteiger partial charge in [0.05, 0.1) is 6.26 Å². The molecule has 20 heavy (non-hydrogen) atoms. The van der Waals surface area contributed by atoms with Crippen LogP contribution in [0.5, 0.6) is 0 Å². The van der Waals surface area contributed by atoms with Crippen molar-refractivity contribution < 1.29 is 4.74 Å². The van der Waals surface area contributed by atoms with Crippen molar-refractivity contribution in [3.05, 3.63) is 77.4 Å². The van der Waals surface area contributed by atoms with Crippen molar-refractivity contribution in [2.45, 2.75) is 11.8 Å². The largest absolute Gasteiger partial charge is 0.468 e. The van der Waals surface area contributed by atoms with Crippen LogP contribution in [0.1, 0.15) is 17.5 Å². The smallest absolute Gasteiger partial charge is 0.120 e. The van der Waals surface area contributed by atoms with Crippen LogP contribution < -0.4 is 5.32 Å². The minimum absolute atomic E-state index is 0.00396. The molecule has 1 fully saturated rings. The maximum absolute atomic E-state index is 5.81. The first-order valence-corrected chi connectivity index (χ1v) is 7.17. The number of hydrogen-bond acceptors (Lipinski definition) is 2. The summed E-state index contributed by atoms with van der Waals surface area (Å²) in [5, 5.41) is 3.60. The van der Waals surface area contributed by atoms with E-state index in [0.717, 1.165) is 18.7 Å². The second-order valence-corrected chi connectivity index (χ2v) is 5.91. The predicted octanol–water partition coefficient (Wildman–Crippen LogP) is 3.26. The summed E-state index contributed by atoms with van der Waals surface area (Å²) in [6.45, 7) is 1.01. The standard InChI is InChI=1S/C18H15NO/c1-2-5-14-13(4-1)12-15-18-9-11-20-16(18)6-3-7-17(14,18)8-10-19-15/h1-7,9,11-12,19H,8,10H2/t17-,18+/m1/s1. The number of rotatable bonds is 0. The summed E-state index contributed by atoms with van der Waals surface area (Å²) in [5.41, 5.74) is 3.85. The maximum atomic E-state index is 5.81. The highest BCUT2D eigenvalue weighted by Gasteiger charge is 2.61. The second kappa shape index (κ2) is 3.26. The van der Waals surface area contributed by atoms with E-state index in [4.69, 9.17) is 4.74 Å². The third-order valence-electron chi connectivity index (χ3n) is 5.23. The molecule has 1 aromatic rings.